The van der Waals surface area contributed by atoms with Crippen LogP contribution in [0.25, 0.3) is 17.1 Å². The maximum absolute atomic E-state index is 14.5. The lowest BCUT2D eigenvalue weighted by molar-refractivity contribution is -0.117. The first kappa shape index (κ1) is 20.8. The predicted octanol–water partition coefficient (Wildman–Crippen LogP) is 5.22. The Hall–Kier alpha value is -3.45. The zero-order valence-electron chi connectivity index (χ0n) is 17.1. The van der Waals surface area contributed by atoms with Crippen LogP contribution in [-0.2, 0) is 4.79 Å². The molecular weight excluding hydrogens is 411 g/mol. The van der Waals surface area contributed by atoms with E-state index in [1.165, 1.54) is 17.8 Å². The van der Waals surface area contributed by atoms with Gasteiger partial charge < -0.3 is 4.90 Å². The van der Waals surface area contributed by atoms with Gasteiger partial charge in [0.25, 0.3) is 0 Å². The molecule has 1 heterocycles. The average Bonchev–Trinajstić information content (AvgIpc) is 3.22. The summed E-state index contributed by atoms with van der Waals surface area (Å²) in [5.41, 5.74) is 1.96. The van der Waals surface area contributed by atoms with E-state index in [2.05, 4.69) is 10.2 Å². The van der Waals surface area contributed by atoms with Crippen LogP contribution in [0.5, 0.6) is 0 Å². The second-order valence-electron chi connectivity index (χ2n) is 6.95. The van der Waals surface area contributed by atoms with E-state index >= 15 is 0 Å². The van der Waals surface area contributed by atoms with Gasteiger partial charge in [-0.1, -0.05) is 60.3 Å². The first-order chi connectivity index (χ1) is 15.1. The smallest absolute Gasteiger partial charge is 0.240 e. The van der Waals surface area contributed by atoms with Crippen molar-refractivity contribution in [2.45, 2.75) is 17.3 Å². The van der Waals surface area contributed by atoms with Gasteiger partial charge in [-0.05, 0) is 43.3 Å². The molecule has 31 heavy (non-hydrogen) atoms. The highest BCUT2D eigenvalue weighted by Gasteiger charge is 2.25. The van der Waals surface area contributed by atoms with E-state index in [4.69, 9.17) is 0 Å². The molecule has 0 aliphatic heterocycles. The van der Waals surface area contributed by atoms with Crippen molar-refractivity contribution < 1.29 is 9.18 Å². The SMILES string of the molecule is C[C@H](Sc1nnc(-c2ccccc2F)n1-c1ccccc1)C(=O)N(C)c1ccccc1. The Balaban J connectivity index is 1.69. The topological polar surface area (TPSA) is 51.0 Å². The monoisotopic (exact) mass is 432 g/mol. The summed E-state index contributed by atoms with van der Waals surface area (Å²) in [6.07, 6.45) is 0. The zero-order chi connectivity index (χ0) is 21.8. The summed E-state index contributed by atoms with van der Waals surface area (Å²) in [5.74, 6) is -0.0503. The predicted molar refractivity (Wildman–Crippen MR) is 122 cm³/mol. The van der Waals surface area contributed by atoms with Gasteiger partial charge in [-0.3, -0.25) is 9.36 Å². The van der Waals surface area contributed by atoms with Crippen molar-refractivity contribution in [3.8, 4) is 17.1 Å². The largest absolute Gasteiger partial charge is 0.315 e. The van der Waals surface area contributed by atoms with Crippen LogP contribution in [0.3, 0.4) is 0 Å². The molecular formula is C24H21FN4OS. The molecule has 0 radical (unpaired) electrons. The number of thioether (sulfide) groups is 1. The van der Waals surface area contributed by atoms with Crippen LogP contribution in [0.15, 0.2) is 90.1 Å². The third kappa shape index (κ3) is 4.36. The molecule has 4 aromatic rings. The Morgan fingerprint density at radius 1 is 0.935 bits per heavy atom. The maximum Gasteiger partial charge on any atom is 0.240 e. The number of benzene rings is 3. The van der Waals surface area contributed by atoms with Crippen molar-refractivity contribution in [3.05, 3.63) is 90.7 Å². The summed E-state index contributed by atoms with van der Waals surface area (Å²) < 4.78 is 16.3. The summed E-state index contributed by atoms with van der Waals surface area (Å²) in [6.45, 7) is 1.83. The van der Waals surface area contributed by atoms with Crippen LogP contribution >= 0.6 is 11.8 Å². The number of carbonyl (C=O) groups is 1. The summed E-state index contributed by atoms with van der Waals surface area (Å²) in [4.78, 5) is 14.6. The molecule has 156 valence electrons. The fourth-order valence-electron chi connectivity index (χ4n) is 3.23. The summed E-state index contributed by atoms with van der Waals surface area (Å²) in [5, 5.41) is 8.66. The fourth-order valence-corrected chi connectivity index (χ4v) is 4.19. The Bertz CT molecular complexity index is 1180. The van der Waals surface area contributed by atoms with Crippen molar-refractivity contribution in [2.75, 3.05) is 11.9 Å². The number of nitrogens with zero attached hydrogens (tertiary/aromatic N) is 4. The number of aromatic nitrogens is 3. The number of anilines is 1. The highest BCUT2D eigenvalue weighted by Crippen LogP contribution is 2.32. The molecule has 0 aliphatic carbocycles. The molecule has 1 atom stereocenters. The third-order valence-electron chi connectivity index (χ3n) is 4.87. The molecule has 1 amide bonds. The van der Waals surface area contributed by atoms with Crippen LogP contribution in [0.1, 0.15) is 6.92 Å². The summed E-state index contributed by atoms with van der Waals surface area (Å²) >= 11 is 1.29. The van der Waals surface area contributed by atoms with Crippen molar-refractivity contribution in [3.63, 3.8) is 0 Å². The molecule has 7 heteroatoms. The van der Waals surface area contributed by atoms with E-state index in [-0.39, 0.29) is 11.7 Å². The lowest BCUT2D eigenvalue weighted by Crippen LogP contribution is -2.33. The number of hydrogen-bond donors (Lipinski definition) is 0. The van der Waals surface area contributed by atoms with Gasteiger partial charge in [-0.15, -0.1) is 10.2 Å². The summed E-state index contributed by atoms with van der Waals surface area (Å²) in [7, 11) is 1.75. The summed E-state index contributed by atoms with van der Waals surface area (Å²) in [6, 6.07) is 25.4. The molecule has 0 unspecified atom stereocenters. The van der Waals surface area contributed by atoms with E-state index in [9.17, 15) is 9.18 Å². The van der Waals surface area contributed by atoms with Gasteiger partial charge in [0.1, 0.15) is 5.82 Å². The Morgan fingerprint density at radius 3 is 2.23 bits per heavy atom. The standard InChI is InChI=1S/C24H21FN4OS/c1-17(23(30)28(2)18-11-5-3-6-12-18)31-24-27-26-22(20-15-9-10-16-21(20)25)29(24)19-13-7-4-8-14-19/h3-17H,1-2H3/t17-/m0/s1. The Labute approximate surface area is 184 Å². The van der Waals surface area contributed by atoms with Crippen LogP contribution in [-0.4, -0.2) is 33.0 Å². The normalized spacial score (nSPS) is 11.8. The molecule has 0 saturated heterocycles. The molecule has 0 N–H and O–H groups in total. The highest BCUT2D eigenvalue weighted by molar-refractivity contribution is 8.00. The Morgan fingerprint density at radius 2 is 1.55 bits per heavy atom. The minimum atomic E-state index is -0.426. The van der Waals surface area contributed by atoms with Crippen LogP contribution in [0.4, 0.5) is 10.1 Å². The van der Waals surface area contributed by atoms with Gasteiger partial charge in [0.2, 0.25) is 5.91 Å². The average molecular weight is 433 g/mol. The second-order valence-corrected chi connectivity index (χ2v) is 8.26. The van der Waals surface area contributed by atoms with Gasteiger partial charge in [-0.2, -0.15) is 0 Å². The minimum absolute atomic E-state index is 0.0637. The molecule has 0 bridgehead atoms. The van der Waals surface area contributed by atoms with Gasteiger partial charge in [0.05, 0.1) is 10.8 Å². The first-order valence-electron chi connectivity index (χ1n) is 9.81. The molecule has 0 spiro atoms. The van der Waals surface area contributed by atoms with Crippen molar-refractivity contribution in [1.29, 1.82) is 0 Å². The quantitative estimate of drug-likeness (QED) is 0.392. The molecule has 1 aromatic heterocycles. The molecule has 3 aromatic carbocycles. The first-order valence-corrected chi connectivity index (χ1v) is 10.7. The molecule has 4 rings (SSSR count). The van der Waals surface area contributed by atoms with Gasteiger partial charge in [0.15, 0.2) is 11.0 Å². The van der Waals surface area contributed by atoms with E-state index in [1.807, 2.05) is 67.6 Å². The number of carbonyl (C=O) groups excluding carboxylic acids is 1. The second kappa shape index (κ2) is 9.14. The van der Waals surface area contributed by atoms with Crippen molar-refractivity contribution >= 4 is 23.4 Å². The van der Waals surface area contributed by atoms with Crippen LogP contribution < -0.4 is 4.90 Å². The Kier molecular flexibility index (Phi) is 6.13. The van der Waals surface area contributed by atoms with Gasteiger partial charge in [-0.25, -0.2) is 4.39 Å². The lowest BCUT2D eigenvalue weighted by Gasteiger charge is -2.21. The number of para-hydroxylation sites is 2. The van der Waals surface area contributed by atoms with Gasteiger partial charge in [0, 0.05) is 18.4 Å². The number of halogens is 1. The van der Waals surface area contributed by atoms with Crippen LogP contribution in [0.2, 0.25) is 0 Å². The van der Waals surface area contributed by atoms with E-state index < -0.39 is 5.25 Å². The number of amides is 1. The fraction of sp³-hybridized carbons (Fsp3) is 0.125. The lowest BCUT2D eigenvalue weighted by atomic mass is 10.2. The van der Waals surface area contributed by atoms with Crippen molar-refractivity contribution in [2.24, 2.45) is 0 Å². The molecule has 0 fully saturated rings. The third-order valence-corrected chi connectivity index (χ3v) is 5.90. The maximum atomic E-state index is 14.5. The molecule has 0 aliphatic rings. The van der Waals surface area contributed by atoms with Crippen molar-refractivity contribution in [1.82, 2.24) is 14.8 Å². The number of hydrogen-bond acceptors (Lipinski definition) is 4. The van der Waals surface area contributed by atoms with E-state index in [0.29, 0.717) is 16.5 Å². The minimum Gasteiger partial charge on any atom is -0.315 e. The van der Waals surface area contributed by atoms with E-state index in [1.54, 1.807) is 34.7 Å². The zero-order valence-corrected chi connectivity index (χ0v) is 18.0. The molecule has 5 nitrogen and oxygen atoms in total. The van der Waals surface area contributed by atoms with Crippen LogP contribution in [0, 0.1) is 5.82 Å². The highest BCUT2D eigenvalue weighted by atomic mass is 32.2. The molecule has 0 saturated carbocycles. The van der Waals surface area contributed by atoms with E-state index in [0.717, 1.165) is 11.4 Å². The number of rotatable bonds is 6. The van der Waals surface area contributed by atoms with Gasteiger partial charge >= 0.3 is 0 Å².